The zero-order chi connectivity index (χ0) is 24.2. The Morgan fingerprint density at radius 3 is 2.26 bits per heavy atom. The minimum atomic E-state index is -0.456. The molecule has 34 heavy (non-hydrogen) atoms. The molecule has 0 N–H and O–H groups in total. The van der Waals surface area contributed by atoms with Gasteiger partial charge in [-0.1, -0.05) is 31.2 Å². The van der Waals surface area contributed by atoms with Gasteiger partial charge in [0.25, 0.3) is 0 Å². The quantitative estimate of drug-likeness (QED) is 0.624. The lowest BCUT2D eigenvalue weighted by atomic mass is 10.1. The molecule has 4 rings (SSSR count). The Hall–Kier alpha value is -3.26. The molecule has 8 heteroatoms. The number of hydrogen-bond donors (Lipinski definition) is 0. The molecule has 1 fully saturated rings. The molecule has 1 atom stereocenters. The normalized spacial score (nSPS) is 17.9. The predicted molar refractivity (Wildman–Crippen MR) is 130 cm³/mol. The van der Waals surface area contributed by atoms with Crippen molar-refractivity contribution in [2.45, 2.75) is 32.4 Å². The van der Waals surface area contributed by atoms with E-state index in [0.717, 1.165) is 29.9 Å². The van der Waals surface area contributed by atoms with Crippen molar-refractivity contribution < 1.29 is 23.8 Å². The summed E-state index contributed by atoms with van der Waals surface area (Å²) in [6.45, 7) is 5.24. The molecule has 182 valence electrons. The number of anilines is 1. The van der Waals surface area contributed by atoms with Crippen molar-refractivity contribution in [2.75, 3.05) is 52.4 Å². The van der Waals surface area contributed by atoms with Crippen LogP contribution in [0.15, 0.2) is 36.4 Å². The van der Waals surface area contributed by atoms with Crippen LogP contribution >= 0.6 is 0 Å². The summed E-state index contributed by atoms with van der Waals surface area (Å²) in [6, 6.07) is 11.2. The summed E-state index contributed by atoms with van der Waals surface area (Å²) in [5.74, 6) is 1.89. The third kappa shape index (κ3) is 4.42. The van der Waals surface area contributed by atoms with Gasteiger partial charge in [-0.05, 0) is 17.7 Å². The molecule has 2 aliphatic heterocycles. The smallest absolute Gasteiger partial charge is 0.246 e. The number of carbonyl (C=O) groups is 2. The van der Waals surface area contributed by atoms with Gasteiger partial charge in [-0.25, -0.2) is 0 Å². The summed E-state index contributed by atoms with van der Waals surface area (Å²) < 4.78 is 16.5. The number of ether oxygens (including phenoxy) is 3. The number of benzene rings is 2. The minimum Gasteiger partial charge on any atom is -0.493 e. The fraction of sp³-hybridized carbons (Fsp3) is 0.462. The number of hydrogen-bond acceptors (Lipinski definition) is 6. The van der Waals surface area contributed by atoms with Crippen LogP contribution in [0.3, 0.4) is 0 Å². The SMILES string of the molecule is CCC(=O)N1c2ccccc2C[C@H]1C(=O)N1CCN(Cc2ccc(OC)c(OC)c2OC)CC1. The summed E-state index contributed by atoms with van der Waals surface area (Å²) in [5, 5.41) is 0. The van der Waals surface area contributed by atoms with E-state index < -0.39 is 6.04 Å². The molecule has 2 amide bonds. The Morgan fingerprint density at radius 1 is 0.912 bits per heavy atom. The van der Waals surface area contributed by atoms with Crippen LogP contribution in [0, 0.1) is 0 Å². The zero-order valence-electron chi connectivity index (χ0n) is 20.4. The van der Waals surface area contributed by atoms with Crippen LogP contribution in [-0.4, -0.2) is 75.2 Å². The average Bonchev–Trinajstić information content (AvgIpc) is 3.27. The van der Waals surface area contributed by atoms with Gasteiger partial charge in [-0.15, -0.1) is 0 Å². The number of carbonyl (C=O) groups excluding carboxylic acids is 2. The third-order valence-electron chi connectivity index (χ3n) is 6.70. The largest absolute Gasteiger partial charge is 0.493 e. The lowest BCUT2D eigenvalue weighted by Gasteiger charge is -2.37. The maximum atomic E-state index is 13.5. The van der Waals surface area contributed by atoms with Crippen LogP contribution in [0.1, 0.15) is 24.5 Å². The lowest BCUT2D eigenvalue weighted by molar-refractivity contribution is -0.136. The fourth-order valence-electron chi connectivity index (χ4n) is 4.93. The second kappa shape index (κ2) is 10.3. The Balaban J connectivity index is 1.43. The van der Waals surface area contributed by atoms with Crippen LogP contribution in [0.25, 0.3) is 0 Å². The summed E-state index contributed by atoms with van der Waals surface area (Å²) in [4.78, 5) is 32.1. The monoisotopic (exact) mass is 467 g/mol. The molecular formula is C26H33N3O5. The van der Waals surface area contributed by atoms with Gasteiger partial charge in [0.05, 0.1) is 21.3 Å². The molecule has 0 aromatic heterocycles. The first kappa shape index (κ1) is 23.9. The van der Waals surface area contributed by atoms with Crippen molar-refractivity contribution in [1.82, 2.24) is 9.80 Å². The highest BCUT2D eigenvalue weighted by molar-refractivity contribution is 6.03. The van der Waals surface area contributed by atoms with Crippen LogP contribution < -0.4 is 19.1 Å². The van der Waals surface area contributed by atoms with Gasteiger partial charge >= 0.3 is 0 Å². The number of piperazine rings is 1. The van der Waals surface area contributed by atoms with Crippen molar-refractivity contribution in [1.29, 1.82) is 0 Å². The molecule has 0 radical (unpaired) electrons. The Kier molecular flexibility index (Phi) is 7.26. The van der Waals surface area contributed by atoms with Gasteiger partial charge in [0, 0.05) is 56.8 Å². The van der Waals surface area contributed by atoms with E-state index in [2.05, 4.69) is 4.90 Å². The van der Waals surface area contributed by atoms with Crippen molar-refractivity contribution in [2.24, 2.45) is 0 Å². The zero-order valence-corrected chi connectivity index (χ0v) is 20.4. The molecule has 2 aliphatic rings. The van der Waals surface area contributed by atoms with E-state index in [1.54, 1.807) is 26.2 Å². The number of para-hydroxylation sites is 1. The molecule has 8 nitrogen and oxygen atoms in total. The lowest BCUT2D eigenvalue weighted by Crippen LogP contribution is -2.55. The van der Waals surface area contributed by atoms with E-state index in [1.807, 2.05) is 48.2 Å². The molecule has 2 heterocycles. The number of nitrogens with zero attached hydrogens (tertiary/aromatic N) is 3. The van der Waals surface area contributed by atoms with Gasteiger partial charge in [-0.2, -0.15) is 0 Å². The fourth-order valence-corrected chi connectivity index (χ4v) is 4.93. The van der Waals surface area contributed by atoms with Crippen LogP contribution in [0.5, 0.6) is 17.2 Å². The van der Waals surface area contributed by atoms with Gasteiger partial charge < -0.3 is 19.1 Å². The molecule has 0 bridgehead atoms. The number of fused-ring (bicyclic) bond motifs is 1. The minimum absolute atomic E-state index is 0.0116. The average molecular weight is 468 g/mol. The Labute approximate surface area is 201 Å². The van der Waals surface area contributed by atoms with Crippen LogP contribution in [-0.2, 0) is 22.6 Å². The first-order valence-electron chi connectivity index (χ1n) is 11.7. The molecule has 2 aromatic rings. The molecule has 0 aliphatic carbocycles. The van der Waals surface area contributed by atoms with Gasteiger partial charge in [-0.3, -0.25) is 19.4 Å². The first-order valence-corrected chi connectivity index (χ1v) is 11.7. The second-order valence-electron chi connectivity index (χ2n) is 8.56. The predicted octanol–water partition coefficient (Wildman–Crippen LogP) is 2.72. The Morgan fingerprint density at radius 2 is 1.62 bits per heavy atom. The summed E-state index contributed by atoms with van der Waals surface area (Å²) in [6.07, 6.45) is 0.947. The van der Waals surface area contributed by atoms with E-state index >= 15 is 0 Å². The van der Waals surface area contributed by atoms with Crippen LogP contribution in [0.4, 0.5) is 5.69 Å². The van der Waals surface area contributed by atoms with Crippen LogP contribution in [0.2, 0.25) is 0 Å². The standard InChI is InChI=1S/C26H33N3O5/c1-5-23(30)29-20-9-7-6-8-18(20)16-21(29)26(31)28-14-12-27(13-15-28)17-19-10-11-22(32-2)25(34-4)24(19)33-3/h6-11,21H,5,12-17H2,1-4H3/t21-/m0/s1. The molecule has 1 saturated heterocycles. The Bertz CT molecular complexity index is 1050. The summed E-state index contributed by atoms with van der Waals surface area (Å²) in [7, 11) is 4.83. The third-order valence-corrected chi connectivity index (χ3v) is 6.70. The highest BCUT2D eigenvalue weighted by Crippen LogP contribution is 2.40. The topological polar surface area (TPSA) is 71.6 Å². The molecule has 0 spiro atoms. The summed E-state index contributed by atoms with van der Waals surface area (Å²) in [5.41, 5.74) is 2.93. The number of amides is 2. The maximum absolute atomic E-state index is 13.5. The van der Waals surface area contributed by atoms with Crippen molar-refractivity contribution in [3.05, 3.63) is 47.5 Å². The van der Waals surface area contributed by atoms with Gasteiger partial charge in [0.1, 0.15) is 6.04 Å². The molecule has 0 unspecified atom stereocenters. The van der Waals surface area contributed by atoms with E-state index in [-0.39, 0.29) is 11.8 Å². The number of rotatable bonds is 7. The highest BCUT2D eigenvalue weighted by atomic mass is 16.5. The van der Waals surface area contributed by atoms with Crippen molar-refractivity contribution >= 4 is 17.5 Å². The van der Waals surface area contributed by atoms with E-state index in [4.69, 9.17) is 14.2 Å². The van der Waals surface area contributed by atoms with Gasteiger partial charge in [0.15, 0.2) is 11.5 Å². The molecule has 2 aromatic carbocycles. The summed E-state index contributed by atoms with van der Waals surface area (Å²) >= 11 is 0. The maximum Gasteiger partial charge on any atom is 0.246 e. The van der Waals surface area contributed by atoms with E-state index in [9.17, 15) is 9.59 Å². The van der Waals surface area contributed by atoms with E-state index in [1.165, 1.54) is 0 Å². The first-order chi connectivity index (χ1) is 16.5. The number of methoxy groups -OCH3 is 3. The van der Waals surface area contributed by atoms with E-state index in [0.29, 0.717) is 49.7 Å². The second-order valence-corrected chi connectivity index (χ2v) is 8.56. The van der Waals surface area contributed by atoms with Crippen molar-refractivity contribution in [3.63, 3.8) is 0 Å². The molecule has 0 saturated carbocycles. The highest BCUT2D eigenvalue weighted by Gasteiger charge is 2.40. The van der Waals surface area contributed by atoms with Gasteiger partial charge in [0.2, 0.25) is 17.6 Å². The van der Waals surface area contributed by atoms with Crippen molar-refractivity contribution in [3.8, 4) is 17.2 Å². The molecular weight excluding hydrogens is 434 g/mol.